The summed E-state index contributed by atoms with van der Waals surface area (Å²) in [5, 5.41) is 0. The number of amides is 2. The van der Waals surface area contributed by atoms with Gasteiger partial charge in [-0.15, -0.1) is 0 Å². The average molecular weight is 466 g/mol. The molecule has 2 aromatic carbocycles. The van der Waals surface area contributed by atoms with Gasteiger partial charge in [0.25, 0.3) is 0 Å². The number of hydrogen-bond acceptors (Lipinski definition) is 4. The molecule has 176 valence electrons. The van der Waals surface area contributed by atoms with Gasteiger partial charge in [0, 0.05) is 18.7 Å². The highest BCUT2D eigenvalue weighted by molar-refractivity contribution is 5.98. The first kappa shape index (κ1) is 23.2. The molecule has 0 N–H and O–H groups in total. The summed E-state index contributed by atoms with van der Waals surface area (Å²) in [6.07, 6.45) is -4.05. The number of rotatable bonds is 4. The van der Waals surface area contributed by atoms with E-state index >= 15 is 0 Å². The van der Waals surface area contributed by atoms with E-state index in [-0.39, 0.29) is 57.3 Å². The molecular weight excluding hydrogens is 444 g/mol. The van der Waals surface area contributed by atoms with Crippen molar-refractivity contribution < 1.29 is 36.6 Å². The van der Waals surface area contributed by atoms with Gasteiger partial charge in [-0.2, -0.15) is 8.78 Å². The van der Waals surface area contributed by atoms with Crippen LogP contribution in [0.5, 0.6) is 0 Å². The predicted molar refractivity (Wildman–Crippen MR) is 110 cm³/mol. The Morgan fingerprint density at radius 3 is 2.48 bits per heavy atom. The monoisotopic (exact) mass is 466 g/mol. The smallest absolute Gasteiger partial charge is 0.376 e. The lowest BCUT2D eigenvalue weighted by atomic mass is 9.99. The number of aryl methyl sites for hydroxylation is 1. The summed E-state index contributed by atoms with van der Waals surface area (Å²) in [7, 11) is 0. The van der Waals surface area contributed by atoms with Crippen molar-refractivity contribution >= 4 is 17.5 Å². The zero-order valence-corrected chi connectivity index (χ0v) is 17.6. The molecule has 2 fully saturated rings. The summed E-state index contributed by atoms with van der Waals surface area (Å²) < 4.78 is 66.9. The van der Waals surface area contributed by atoms with E-state index in [4.69, 9.17) is 9.47 Å². The van der Waals surface area contributed by atoms with Crippen molar-refractivity contribution in [3.8, 4) is 0 Å². The molecule has 0 aromatic heterocycles. The van der Waals surface area contributed by atoms with Crippen LogP contribution in [0.4, 0.5) is 23.2 Å². The maximum absolute atomic E-state index is 14.6. The fourth-order valence-electron chi connectivity index (χ4n) is 4.07. The van der Waals surface area contributed by atoms with E-state index in [1.807, 2.05) is 0 Å². The van der Waals surface area contributed by atoms with Crippen LogP contribution in [0.1, 0.15) is 12.0 Å². The van der Waals surface area contributed by atoms with Crippen LogP contribution in [0.2, 0.25) is 0 Å². The lowest BCUT2D eigenvalue weighted by molar-refractivity contribution is -0.293. The number of ether oxygens (including phenoxy) is 2. The van der Waals surface area contributed by atoms with Crippen LogP contribution in [0.25, 0.3) is 0 Å². The third kappa shape index (κ3) is 5.01. The van der Waals surface area contributed by atoms with Gasteiger partial charge in [0.1, 0.15) is 17.2 Å². The van der Waals surface area contributed by atoms with E-state index in [0.29, 0.717) is 5.56 Å². The molecule has 2 aliphatic heterocycles. The van der Waals surface area contributed by atoms with Gasteiger partial charge >= 0.3 is 12.0 Å². The Hall–Kier alpha value is -2.98. The molecule has 10 heteroatoms. The lowest BCUT2D eigenvalue weighted by Gasteiger charge is -2.45. The second-order valence-electron chi connectivity index (χ2n) is 8.13. The Kier molecular flexibility index (Phi) is 6.40. The Morgan fingerprint density at radius 1 is 1.03 bits per heavy atom. The van der Waals surface area contributed by atoms with E-state index in [0.717, 1.165) is 17.0 Å². The van der Waals surface area contributed by atoms with Gasteiger partial charge in [0.15, 0.2) is 0 Å². The van der Waals surface area contributed by atoms with Crippen LogP contribution in [-0.4, -0.2) is 61.3 Å². The van der Waals surface area contributed by atoms with Crippen molar-refractivity contribution in [3.63, 3.8) is 0 Å². The Bertz CT molecular complexity index is 1030. The molecule has 2 heterocycles. The summed E-state index contributed by atoms with van der Waals surface area (Å²) in [6.45, 7) is -0.609. The molecular formula is C23H22F4N2O4. The van der Waals surface area contributed by atoms with Gasteiger partial charge in [0.05, 0.1) is 26.3 Å². The number of morpholine rings is 1. The Balaban J connectivity index is 1.54. The Morgan fingerprint density at radius 2 is 1.76 bits per heavy atom. The highest BCUT2D eigenvalue weighted by Gasteiger charge is 2.58. The van der Waals surface area contributed by atoms with Gasteiger partial charge in [-0.25, -0.2) is 8.78 Å². The minimum absolute atomic E-state index is 0.0337. The van der Waals surface area contributed by atoms with Gasteiger partial charge in [-0.1, -0.05) is 18.2 Å². The number of benzene rings is 2. The molecule has 0 radical (unpaired) electrons. The number of anilines is 1. The maximum atomic E-state index is 14.6. The van der Waals surface area contributed by atoms with Gasteiger partial charge in [-0.05, 0) is 42.3 Å². The molecule has 1 unspecified atom stereocenters. The molecule has 2 aliphatic rings. The number of nitrogens with zero attached hydrogens (tertiary/aromatic N) is 2. The SMILES string of the molecule is O=C(CCc1ccccc1F)N1CCOCC2(C1)CN(c1ccc(F)cc1)C(=O)C(F)(F)O2. The van der Waals surface area contributed by atoms with Crippen molar-refractivity contribution in [1.82, 2.24) is 4.90 Å². The van der Waals surface area contributed by atoms with Crippen molar-refractivity contribution in [2.75, 3.05) is 37.7 Å². The second kappa shape index (κ2) is 9.11. The van der Waals surface area contributed by atoms with Crippen LogP contribution in [0.15, 0.2) is 48.5 Å². The van der Waals surface area contributed by atoms with Crippen molar-refractivity contribution in [1.29, 1.82) is 0 Å². The zero-order chi connectivity index (χ0) is 23.6. The molecule has 0 saturated carbocycles. The number of alkyl halides is 2. The first-order chi connectivity index (χ1) is 15.7. The van der Waals surface area contributed by atoms with Gasteiger partial charge < -0.3 is 14.5 Å². The molecule has 6 nitrogen and oxygen atoms in total. The second-order valence-corrected chi connectivity index (χ2v) is 8.13. The van der Waals surface area contributed by atoms with Crippen LogP contribution < -0.4 is 4.90 Å². The summed E-state index contributed by atoms with van der Waals surface area (Å²) in [6, 6.07) is 10.6. The third-order valence-corrected chi connectivity index (χ3v) is 5.69. The van der Waals surface area contributed by atoms with Crippen LogP contribution in [-0.2, 0) is 25.5 Å². The van der Waals surface area contributed by atoms with E-state index in [2.05, 4.69) is 0 Å². The number of carbonyl (C=O) groups excluding carboxylic acids is 2. The summed E-state index contributed by atoms with van der Waals surface area (Å²) >= 11 is 0. The molecule has 2 aromatic rings. The normalized spacial score (nSPS) is 23.0. The summed E-state index contributed by atoms with van der Waals surface area (Å²) in [4.78, 5) is 27.4. The summed E-state index contributed by atoms with van der Waals surface area (Å²) in [5.41, 5.74) is -1.25. The Labute approximate surface area is 187 Å². The molecule has 33 heavy (non-hydrogen) atoms. The minimum atomic E-state index is -4.16. The standard InChI is InChI=1S/C23H22F4N2O4/c24-17-6-8-18(9-7-17)29-14-22(33-23(26,27)21(29)31)13-28(11-12-32-15-22)20(30)10-5-16-3-1-2-4-19(16)25/h1-4,6-9H,5,10-15H2. The van der Waals surface area contributed by atoms with Gasteiger partial charge in [0.2, 0.25) is 5.91 Å². The maximum Gasteiger partial charge on any atom is 0.437 e. The quantitative estimate of drug-likeness (QED) is 0.650. The first-order valence-corrected chi connectivity index (χ1v) is 10.4. The molecule has 1 atom stereocenters. The van der Waals surface area contributed by atoms with Crippen molar-refractivity contribution in [2.45, 2.75) is 24.6 Å². The zero-order valence-electron chi connectivity index (χ0n) is 17.6. The van der Waals surface area contributed by atoms with Crippen molar-refractivity contribution in [2.24, 2.45) is 0 Å². The van der Waals surface area contributed by atoms with E-state index in [1.54, 1.807) is 18.2 Å². The first-order valence-electron chi connectivity index (χ1n) is 10.4. The third-order valence-electron chi connectivity index (χ3n) is 5.69. The van der Waals surface area contributed by atoms with Crippen molar-refractivity contribution in [3.05, 3.63) is 65.7 Å². The number of halogens is 4. The van der Waals surface area contributed by atoms with Crippen LogP contribution >= 0.6 is 0 Å². The molecule has 4 rings (SSSR count). The average Bonchev–Trinajstić information content (AvgIpc) is 2.98. The van der Waals surface area contributed by atoms with E-state index < -0.39 is 29.3 Å². The fraction of sp³-hybridized carbons (Fsp3) is 0.391. The molecule has 0 aliphatic carbocycles. The summed E-state index contributed by atoms with van der Waals surface area (Å²) in [5.74, 6) is -2.96. The number of hydrogen-bond donors (Lipinski definition) is 0. The largest absolute Gasteiger partial charge is 0.437 e. The predicted octanol–water partition coefficient (Wildman–Crippen LogP) is 3.15. The van der Waals surface area contributed by atoms with Crippen LogP contribution in [0, 0.1) is 11.6 Å². The molecule has 1 spiro atoms. The highest BCUT2D eigenvalue weighted by Crippen LogP contribution is 2.37. The van der Waals surface area contributed by atoms with Crippen LogP contribution in [0.3, 0.4) is 0 Å². The molecule has 2 amide bonds. The van der Waals surface area contributed by atoms with Gasteiger partial charge in [-0.3, -0.25) is 14.3 Å². The highest BCUT2D eigenvalue weighted by atomic mass is 19.3. The number of carbonyl (C=O) groups is 2. The molecule has 0 bridgehead atoms. The lowest BCUT2D eigenvalue weighted by Crippen LogP contribution is -2.66. The molecule has 2 saturated heterocycles. The minimum Gasteiger partial charge on any atom is -0.376 e. The van der Waals surface area contributed by atoms with E-state index in [9.17, 15) is 27.2 Å². The fourth-order valence-corrected chi connectivity index (χ4v) is 4.07. The van der Waals surface area contributed by atoms with E-state index in [1.165, 1.54) is 23.1 Å². The topological polar surface area (TPSA) is 59.1 Å².